The normalized spacial score (nSPS) is 14.4. The molecule has 6 nitrogen and oxygen atoms in total. The molecule has 0 fully saturated rings. The molecule has 0 bridgehead atoms. The van der Waals surface area contributed by atoms with Gasteiger partial charge in [-0.3, -0.25) is 0 Å². The number of hydrogen-bond acceptors (Lipinski definition) is 6. The maximum absolute atomic E-state index is 11.1. The first kappa shape index (κ1) is 13.7. The minimum Gasteiger partial charge on any atom is -0.467 e. The standard InChI is InChI=1S/C11H17NO5/c1-11(15,7-13)6-12-4-9-3-8(5-17-9)10(14)16-2/h3,5,12-13,15H,4,6-7H2,1-2H3. The lowest BCUT2D eigenvalue weighted by Gasteiger charge is -2.20. The van der Waals surface area contributed by atoms with Crippen LogP contribution in [0, 0.1) is 0 Å². The van der Waals surface area contributed by atoms with Gasteiger partial charge in [-0.1, -0.05) is 0 Å². The summed E-state index contributed by atoms with van der Waals surface area (Å²) in [5, 5.41) is 21.2. The van der Waals surface area contributed by atoms with Gasteiger partial charge >= 0.3 is 5.97 Å². The van der Waals surface area contributed by atoms with E-state index in [9.17, 15) is 9.90 Å². The Balaban J connectivity index is 2.43. The van der Waals surface area contributed by atoms with Gasteiger partial charge in [-0.05, 0) is 13.0 Å². The first-order valence-corrected chi connectivity index (χ1v) is 5.18. The third-order valence-corrected chi connectivity index (χ3v) is 2.22. The molecule has 1 heterocycles. The fourth-order valence-electron chi connectivity index (χ4n) is 1.21. The largest absolute Gasteiger partial charge is 0.467 e. The maximum atomic E-state index is 11.1. The molecule has 0 saturated carbocycles. The molecule has 6 heteroatoms. The average molecular weight is 243 g/mol. The molecule has 0 aliphatic carbocycles. The first-order chi connectivity index (χ1) is 7.98. The molecule has 1 aromatic rings. The summed E-state index contributed by atoms with van der Waals surface area (Å²) >= 11 is 0. The van der Waals surface area contributed by atoms with Crippen LogP contribution in [0.15, 0.2) is 16.7 Å². The van der Waals surface area contributed by atoms with Crippen LogP contribution in [0.2, 0.25) is 0 Å². The van der Waals surface area contributed by atoms with Crippen molar-refractivity contribution in [2.75, 3.05) is 20.3 Å². The molecule has 3 N–H and O–H groups in total. The van der Waals surface area contributed by atoms with Crippen LogP contribution >= 0.6 is 0 Å². The van der Waals surface area contributed by atoms with Gasteiger partial charge in [-0.2, -0.15) is 0 Å². The number of aliphatic hydroxyl groups excluding tert-OH is 1. The second-order valence-electron chi connectivity index (χ2n) is 4.05. The highest BCUT2D eigenvalue weighted by Crippen LogP contribution is 2.09. The number of aliphatic hydroxyl groups is 2. The van der Waals surface area contributed by atoms with Crippen molar-refractivity contribution in [3.05, 3.63) is 23.7 Å². The van der Waals surface area contributed by atoms with Crippen LogP contribution < -0.4 is 5.32 Å². The minimum atomic E-state index is -1.17. The van der Waals surface area contributed by atoms with Gasteiger partial charge in [0.15, 0.2) is 0 Å². The summed E-state index contributed by atoms with van der Waals surface area (Å²) in [5.41, 5.74) is -0.823. The average Bonchev–Trinajstić information content (AvgIpc) is 2.76. The van der Waals surface area contributed by atoms with Crippen LogP contribution in [0.1, 0.15) is 23.0 Å². The van der Waals surface area contributed by atoms with Crippen molar-refractivity contribution in [3.63, 3.8) is 0 Å². The van der Waals surface area contributed by atoms with Crippen molar-refractivity contribution in [2.45, 2.75) is 19.1 Å². The molecular formula is C11H17NO5. The number of carbonyl (C=O) groups excluding carboxylic acids is 1. The van der Waals surface area contributed by atoms with Gasteiger partial charge in [0.1, 0.15) is 12.0 Å². The third kappa shape index (κ3) is 4.18. The van der Waals surface area contributed by atoms with E-state index in [0.717, 1.165) is 0 Å². The molecule has 1 unspecified atom stereocenters. The molecule has 0 aliphatic heterocycles. The molecule has 1 atom stereocenters. The van der Waals surface area contributed by atoms with E-state index in [1.54, 1.807) is 6.07 Å². The molecule has 0 spiro atoms. The quantitative estimate of drug-likeness (QED) is 0.604. The number of ether oxygens (including phenoxy) is 1. The van der Waals surface area contributed by atoms with Gasteiger partial charge in [0.2, 0.25) is 0 Å². The molecular weight excluding hydrogens is 226 g/mol. The molecule has 0 radical (unpaired) electrons. The van der Waals surface area contributed by atoms with E-state index >= 15 is 0 Å². The lowest BCUT2D eigenvalue weighted by molar-refractivity contribution is 0.00227. The van der Waals surface area contributed by atoms with Gasteiger partial charge in [-0.25, -0.2) is 4.79 Å². The van der Waals surface area contributed by atoms with Crippen LogP contribution in [0.5, 0.6) is 0 Å². The highest BCUT2D eigenvalue weighted by atomic mass is 16.5. The number of nitrogens with one attached hydrogen (secondary N) is 1. The van der Waals surface area contributed by atoms with Gasteiger partial charge in [0.05, 0.1) is 31.4 Å². The Morgan fingerprint density at radius 2 is 2.35 bits per heavy atom. The second kappa shape index (κ2) is 5.81. The van der Waals surface area contributed by atoms with E-state index in [4.69, 9.17) is 9.52 Å². The minimum absolute atomic E-state index is 0.220. The first-order valence-electron chi connectivity index (χ1n) is 5.18. The number of rotatable bonds is 6. The summed E-state index contributed by atoms with van der Waals surface area (Å²) in [6.45, 7) is 1.76. The zero-order valence-electron chi connectivity index (χ0n) is 9.90. The summed E-state index contributed by atoms with van der Waals surface area (Å²) in [5.74, 6) is 0.0986. The maximum Gasteiger partial charge on any atom is 0.341 e. The molecule has 17 heavy (non-hydrogen) atoms. The summed E-state index contributed by atoms with van der Waals surface area (Å²) in [4.78, 5) is 11.1. The van der Waals surface area contributed by atoms with E-state index in [1.165, 1.54) is 20.3 Å². The number of esters is 1. The third-order valence-electron chi connectivity index (χ3n) is 2.22. The van der Waals surface area contributed by atoms with Crippen LogP contribution in [-0.4, -0.2) is 42.0 Å². The Morgan fingerprint density at radius 1 is 1.65 bits per heavy atom. The second-order valence-corrected chi connectivity index (χ2v) is 4.05. The zero-order chi connectivity index (χ0) is 12.9. The van der Waals surface area contributed by atoms with Crippen molar-refractivity contribution >= 4 is 5.97 Å². The number of methoxy groups -OCH3 is 1. The van der Waals surface area contributed by atoms with Crippen molar-refractivity contribution in [3.8, 4) is 0 Å². The van der Waals surface area contributed by atoms with Crippen molar-refractivity contribution in [1.29, 1.82) is 0 Å². The van der Waals surface area contributed by atoms with Crippen molar-refractivity contribution in [1.82, 2.24) is 5.32 Å². The van der Waals surface area contributed by atoms with Crippen molar-refractivity contribution in [2.24, 2.45) is 0 Å². The molecule has 0 amide bonds. The smallest absolute Gasteiger partial charge is 0.341 e. The summed E-state index contributed by atoms with van der Waals surface area (Å²) in [7, 11) is 1.30. The highest BCUT2D eigenvalue weighted by Gasteiger charge is 2.18. The van der Waals surface area contributed by atoms with E-state index in [-0.39, 0.29) is 13.2 Å². The molecule has 0 aromatic carbocycles. The predicted octanol–water partition coefficient (Wildman–Crippen LogP) is -0.101. The van der Waals surface area contributed by atoms with Crippen LogP contribution in [-0.2, 0) is 11.3 Å². The molecule has 96 valence electrons. The number of carbonyl (C=O) groups is 1. The lowest BCUT2D eigenvalue weighted by atomic mass is 10.1. The van der Waals surface area contributed by atoms with Gasteiger partial charge in [0, 0.05) is 6.54 Å². The predicted molar refractivity (Wildman–Crippen MR) is 59.5 cm³/mol. The van der Waals surface area contributed by atoms with Gasteiger partial charge in [0.25, 0.3) is 0 Å². The Bertz CT molecular complexity index is 372. The van der Waals surface area contributed by atoms with Crippen LogP contribution in [0.3, 0.4) is 0 Å². The Kier molecular flexibility index (Phi) is 4.68. The van der Waals surface area contributed by atoms with E-state index < -0.39 is 11.6 Å². The molecule has 0 saturated heterocycles. The Hall–Kier alpha value is -1.37. The van der Waals surface area contributed by atoms with Gasteiger partial charge in [-0.15, -0.1) is 0 Å². The fraction of sp³-hybridized carbons (Fsp3) is 0.545. The number of furan rings is 1. The molecule has 1 aromatic heterocycles. The highest BCUT2D eigenvalue weighted by molar-refractivity contribution is 5.88. The summed E-state index contributed by atoms with van der Waals surface area (Å²) in [6, 6.07) is 1.56. The summed E-state index contributed by atoms with van der Waals surface area (Å²) < 4.78 is 9.66. The molecule has 0 aliphatic rings. The van der Waals surface area contributed by atoms with E-state index in [2.05, 4.69) is 10.1 Å². The summed E-state index contributed by atoms with van der Waals surface area (Å²) in [6.07, 6.45) is 1.31. The Labute approximate surface area is 99.2 Å². The number of hydrogen-bond donors (Lipinski definition) is 3. The van der Waals surface area contributed by atoms with Crippen LogP contribution in [0.25, 0.3) is 0 Å². The monoisotopic (exact) mass is 243 g/mol. The van der Waals surface area contributed by atoms with Crippen LogP contribution in [0.4, 0.5) is 0 Å². The zero-order valence-corrected chi connectivity index (χ0v) is 9.90. The SMILES string of the molecule is COC(=O)c1coc(CNCC(C)(O)CO)c1. The van der Waals surface area contributed by atoms with Gasteiger partial charge < -0.3 is 24.7 Å². The lowest BCUT2D eigenvalue weighted by Crippen LogP contribution is -2.40. The Morgan fingerprint density at radius 3 is 2.94 bits per heavy atom. The molecule has 1 rings (SSSR count). The van der Waals surface area contributed by atoms with E-state index in [1.807, 2.05) is 0 Å². The van der Waals surface area contributed by atoms with Crippen molar-refractivity contribution < 1.29 is 24.2 Å². The topological polar surface area (TPSA) is 91.9 Å². The van der Waals surface area contributed by atoms with E-state index in [0.29, 0.717) is 17.9 Å². The fourth-order valence-corrected chi connectivity index (χ4v) is 1.21.